The van der Waals surface area contributed by atoms with E-state index in [-0.39, 0.29) is 0 Å². The molecule has 0 fully saturated rings. The number of benzene rings is 2. The van der Waals surface area contributed by atoms with Gasteiger partial charge in [0.1, 0.15) is 17.2 Å². The summed E-state index contributed by atoms with van der Waals surface area (Å²) in [6, 6.07) is 15.4. The largest absolute Gasteiger partial charge is 0.497 e. The van der Waals surface area contributed by atoms with Crippen molar-refractivity contribution in [3.63, 3.8) is 0 Å². The average molecular weight is 337 g/mol. The summed E-state index contributed by atoms with van der Waals surface area (Å²) >= 11 is 3.39. The highest BCUT2D eigenvalue weighted by molar-refractivity contribution is 9.10. The molecule has 0 unspecified atom stereocenters. The fraction of sp³-hybridized carbons (Fsp3) is 0.250. The molecular weight excluding hydrogens is 320 g/mol. The molecule has 0 amide bonds. The monoisotopic (exact) mass is 336 g/mol. The highest BCUT2D eigenvalue weighted by atomic mass is 79.9. The van der Waals surface area contributed by atoms with Crippen LogP contribution < -0.4 is 14.2 Å². The Labute approximate surface area is 127 Å². The molecule has 0 atom stereocenters. The van der Waals surface area contributed by atoms with E-state index in [2.05, 4.69) is 15.9 Å². The van der Waals surface area contributed by atoms with Crippen LogP contribution in [0, 0.1) is 0 Å². The van der Waals surface area contributed by atoms with Crippen LogP contribution in [0.1, 0.15) is 6.42 Å². The minimum atomic E-state index is 0.628. The van der Waals surface area contributed by atoms with Crippen LogP contribution in [0.3, 0.4) is 0 Å². The molecule has 2 aromatic rings. The first-order valence-corrected chi connectivity index (χ1v) is 7.22. The minimum Gasteiger partial charge on any atom is -0.497 e. The van der Waals surface area contributed by atoms with Gasteiger partial charge in [-0.2, -0.15) is 0 Å². The van der Waals surface area contributed by atoms with Crippen LogP contribution in [0.2, 0.25) is 0 Å². The second kappa shape index (κ2) is 7.80. The molecule has 0 heterocycles. The summed E-state index contributed by atoms with van der Waals surface area (Å²) < 4.78 is 17.4. The first-order chi connectivity index (χ1) is 9.78. The number of hydrogen-bond acceptors (Lipinski definition) is 3. The van der Waals surface area contributed by atoms with Crippen molar-refractivity contribution in [2.45, 2.75) is 6.42 Å². The zero-order chi connectivity index (χ0) is 14.2. The normalized spacial score (nSPS) is 10.1. The summed E-state index contributed by atoms with van der Waals surface area (Å²) in [5, 5.41) is 0. The van der Waals surface area contributed by atoms with E-state index >= 15 is 0 Å². The van der Waals surface area contributed by atoms with Crippen LogP contribution in [0.4, 0.5) is 0 Å². The Balaban J connectivity index is 1.64. The number of methoxy groups -OCH3 is 1. The molecule has 0 aliphatic heterocycles. The highest BCUT2D eigenvalue weighted by Gasteiger charge is 1.97. The van der Waals surface area contributed by atoms with Crippen molar-refractivity contribution in [3.8, 4) is 17.2 Å². The molecule has 0 aromatic heterocycles. The van der Waals surface area contributed by atoms with Crippen LogP contribution in [-0.4, -0.2) is 20.3 Å². The molecule has 106 valence electrons. The van der Waals surface area contributed by atoms with Crippen LogP contribution >= 0.6 is 15.9 Å². The Kier molecular flexibility index (Phi) is 5.74. The van der Waals surface area contributed by atoms with E-state index in [1.165, 1.54) is 0 Å². The maximum absolute atomic E-state index is 5.62. The van der Waals surface area contributed by atoms with E-state index in [9.17, 15) is 0 Å². The molecule has 4 heteroatoms. The molecule has 3 nitrogen and oxygen atoms in total. The first kappa shape index (κ1) is 14.7. The first-order valence-electron chi connectivity index (χ1n) is 6.43. The van der Waals surface area contributed by atoms with Gasteiger partial charge in [-0.3, -0.25) is 0 Å². The molecule has 20 heavy (non-hydrogen) atoms. The SMILES string of the molecule is COc1ccc(OCCCOc2ccc(Br)cc2)cc1. The van der Waals surface area contributed by atoms with E-state index in [1.807, 2.05) is 48.5 Å². The van der Waals surface area contributed by atoms with Crippen LogP contribution in [0.25, 0.3) is 0 Å². The zero-order valence-electron chi connectivity index (χ0n) is 11.3. The quantitative estimate of drug-likeness (QED) is 0.705. The van der Waals surface area contributed by atoms with Crippen molar-refractivity contribution < 1.29 is 14.2 Å². The van der Waals surface area contributed by atoms with Gasteiger partial charge in [-0.15, -0.1) is 0 Å². The van der Waals surface area contributed by atoms with Crippen molar-refractivity contribution in [2.75, 3.05) is 20.3 Å². The maximum Gasteiger partial charge on any atom is 0.119 e. The summed E-state index contributed by atoms with van der Waals surface area (Å²) in [6.45, 7) is 1.26. The molecule has 0 saturated carbocycles. The van der Waals surface area contributed by atoms with Crippen molar-refractivity contribution in [1.29, 1.82) is 0 Å². The van der Waals surface area contributed by atoms with Gasteiger partial charge in [0.2, 0.25) is 0 Å². The molecule has 0 radical (unpaired) electrons. The molecule has 0 bridgehead atoms. The molecule has 0 aliphatic carbocycles. The van der Waals surface area contributed by atoms with E-state index < -0.39 is 0 Å². The Hall–Kier alpha value is -1.68. The predicted molar refractivity (Wildman–Crippen MR) is 82.7 cm³/mol. The Bertz CT molecular complexity index is 508. The summed E-state index contributed by atoms with van der Waals surface area (Å²) in [4.78, 5) is 0. The van der Waals surface area contributed by atoms with Gasteiger partial charge in [-0.1, -0.05) is 15.9 Å². The second-order valence-electron chi connectivity index (χ2n) is 4.18. The van der Waals surface area contributed by atoms with Gasteiger partial charge in [0.15, 0.2) is 0 Å². The van der Waals surface area contributed by atoms with E-state index in [0.29, 0.717) is 13.2 Å². The lowest BCUT2D eigenvalue weighted by Crippen LogP contribution is -2.04. The van der Waals surface area contributed by atoms with Crippen LogP contribution in [-0.2, 0) is 0 Å². The molecule has 0 saturated heterocycles. The second-order valence-corrected chi connectivity index (χ2v) is 5.10. The topological polar surface area (TPSA) is 27.7 Å². The van der Waals surface area contributed by atoms with Crippen LogP contribution in [0.5, 0.6) is 17.2 Å². The lowest BCUT2D eigenvalue weighted by atomic mass is 10.3. The lowest BCUT2D eigenvalue weighted by Gasteiger charge is -2.08. The molecule has 0 N–H and O–H groups in total. The molecular formula is C16H17BrO3. The molecule has 2 aromatic carbocycles. The molecule has 0 spiro atoms. The maximum atomic E-state index is 5.62. The summed E-state index contributed by atoms with van der Waals surface area (Å²) in [5.74, 6) is 2.54. The minimum absolute atomic E-state index is 0.628. The standard InChI is InChI=1S/C16H17BrO3/c1-18-14-7-9-16(10-8-14)20-12-2-11-19-15-5-3-13(17)4-6-15/h3-10H,2,11-12H2,1H3. The fourth-order valence-electron chi connectivity index (χ4n) is 1.64. The van der Waals surface area contributed by atoms with E-state index in [0.717, 1.165) is 28.1 Å². The van der Waals surface area contributed by atoms with E-state index in [1.54, 1.807) is 7.11 Å². The van der Waals surface area contributed by atoms with Gasteiger partial charge in [0, 0.05) is 10.9 Å². The third-order valence-corrected chi connectivity index (χ3v) is 3.23. The Morgan fingerprint density at radius 3 is 1.70 bits per heavy atom. The summed E-state index contributed by atoms with van der Waals surface area (Å²) in [7, 11) is 1.65. The van der Waals surface area contributed by atoms with Gasteiger partial charge >= 0.3 is 0 Å². The van der Waals surface area contributed by atoms with E-state index in [4.69, 9.17) is 14.2 Å². The smallest absolute Gasteiger partial charge is 0.119 e. The van der Waals surface area contributed by atoms with Gasteiger partial charge in [-0.05, 0) is 48.5 Å². The van der Waals surface area contributed by atoms with Gasteiger partial charge in [0.25, 0.3) is 0 Å². The number of hydrogen-bond donors (Lipinski definition) is 0. The zero-order valence-corrected chi connectivity index (χ0v) is 12.9. The fourth-order valence-corrected chi connectivity index (χ4v) is 1.91. The molecule has 0 aliphatic rings. The van der Waals surface area contributed by atoms with Gasteiger partial charge in [-0.25, -0.2) is 0 Å². The summed E-state index contributed by atoms with van der Waals surface area (Å²) in [6.07, 6.45) is 0.835. The Morgan fingerprint density at radius 1 is 0.750 bits per heavy atom. The Morgan fingerprint density at radius 2 is 1.20 bits per heavy atom. The third kappa shape index (κ3) is 4.78. The van der Waals surface area contributed by atoms with Crippen LogP contribution in [0.15, 0.2) is 53.0 Å². The molecule has 2 rings (SSSR count). The number of rotatable bonds is 7. The average Bonchev–Trinajstić information content (AvgIpc) is 2.49. The lowest BCUT2D eigenvalue weighted by molar-refractivity contribution is 0.247. The van der Waals surface area contributed by atoms with Crippen molar-refractivity contribution in [2.24, 2.45) is 0 Å². The van der Waals surface area contributed by atoms with Crippen molar-refractivity contribution in [3.05, 3.63) is 53.0 Å². The highest BCUT2D eigenvalue weighted by Crippen LogP contribution is 2.18. The van der Waals surface area contributed by atoms with Crippen molar-refractivity contribution in [1.82, 2.24) is 0 Å². The predicted octanol–water partition coefficient (Wildman–Crippen LogP) is 4.31. The van der Waals surface area contributed by atoms with Gasteiger partial charge in [0.05, 0.1) is 20.3 Å². The summed E-state index contributed by atoms with van der Waals surface area (Å²) in [5.41, 5.74) is 0. The number of ether oxygens (including phenoxy) is 3. The van der Waals surface area contributed by atoms with Crippen molar-refractivity contribution >= 4 is 15.9 Å². The van der Waals surface area contributed by atoms with Gasteiger partial charge < -0.3 is 14.2 Å². The number of halogens is 1. The third-order valence-electron chi connectivity index (χ3n) is 2.70.